The van der Waals surface area contributed by atoms with E-state index in [2.05, 4.69) is 5.32 Å². The van der Waals surface area contributed by atoms with E-state index in [1.54, 1.807) is 40.8 Å². The third-order valence-corrected chi connectivity index (χ3v) is 7.56. The van der Waals surface area contributed by atoms with Crippen LogP contribution in [0.2, 0.25) is 0 Å². The SMILES string of the molecule is CCC(=O)NCCN1C(=O)C(c2ccccc2)Oc2cc(C)c(C(=O)N(C)C3CCCN(C(=O)OC(C)(C)C)C3)cc21. The van der Waals surface area contributed by atoms with Crippen LogP contribution in [0.25, 0.3) is 0 Å². The predicted molar refractivity (Wildman–Crippen MR) is 160 cm³/mol. The molecule has 10 heteroatoms. The molecule has 226 valence electrons. The zero-order valence-corrected chi connectivity index (χ0v) is 25.4. The molecule has 1 N–H and O–H groups in total. The Balaban J connectivity index is 1.60. The lowest BCUT2D eigenvalue weighted by molar-refractivity contribution is -0.127. The van der Waals surface area contributed by atoms with Gasteiger partial charge < -0.3 is 29.5 Å². The van der Waals surface area contributed by atoms with Gasteiger partial charge in [-0.1, -0.05) is 37.3 Å². The van der Waals surface area contributed by atoms with E-state index >= 15 is 0 Å². The lowest BCUT2D eigenvalue weighted by atomic mass is 9.99. The van der Waals surface area contributed by atoms with Crippen molar-refractivity contribution in [3.05, 3.63) is 59.2 Å². The third kappa shape index (κ3) is 7.03. The molecule has 2 atom stereocenters. The van der Waals surface area contributed by atoms with Crippen LogP contribution in [0.3, 0.4) is 0 Å². The molecule has 42 heavy (non-hydrogen) atoms. The Hall–Kier alpha value is -4.08. The molecule has 2 heterocycles. The van der Waals surface area contributed by atoms with Crippen LogP contribution in [-0.2, 0) is 14.3 Å². The maximum absolute atomic E-state index is 13.9. The highest BCUT2D eigenvalue weighted by molar-refractivity contribution is 6.03. The molecule has 2 aliphatic heterocycles. The Morgan fingerprint density at radius 3 is 2.52 bits per heavy atom. The van der Waals surface area contributed by atoms with Crippen LogP contribution in [0.4, 0.5) is 10.5 Å². The van der Waals surface area contributed by atoms with Crippen molar-refractivity contribution in [2.75, 3.05) is 38.1 Å². The number of carbonyl (C=O) groups excluding carboxylic acids is 4. The molecule has 0 spiro atoms. The fourth-order valence-corrected chi connectivity index (χ4v) is 5.26. The van der Waals surface area contributed by atoms with E-state index in [9.17, 15) is 19.2 Å². The quantitative estimate of drug-likeness (QED) is 0.520. The molecule has 1 fully saturated rings. The fraction of sp³-hybridized carbons (Fsp3) is 0.500. The van der Waals surface area contributed by atoms with Gasteiger partial charge in [-0.25, -0.2) is 4.79 Å². The number of benzene rings is 2. The summed E-state index contributed by atoms with van der Waals surface area (Å²) in [4.78, 5) is 57.1. The van der Waals surface area contributed by atoms with Crippen LogP contribution in [0, 0.1) is 6.92 Å². The van der Waals surface area contributed by atoms with E-state index < -0.39 is 11.7 Å². The second kappa shape index (κ2) is 12.8. The summed E-state index contributed by atoms with van der Waals surface area (Å²) in [6.07, 6.45) is 0.634. The number of amides is 4. The van der Waals surface area contributed by atoms with Gasteiger partial charge in [0.2, 0.25) is 12.0 Å². The Morgan fingerprint density at radius 1 is 1.14 bits per heavy atom. The van der Waals surface area contributed by atoms with Gasteiger partial charge in [-0.2, -0.15) is 0 Å². The highest BCUT2D eigenvalue weighted by Crippen LogP contribution is 2.41. The Kier molecular flexibility index (Phi) is 9.43. The van der Waals surface area contributed by atoms with Gasteiger partial charge in [-0.3, -0.25) is 14.4 Å². The number of ether oxygens (including phenoxy) is 2. The highest BCUT2D eigenvalue weighted by atomic mass is 16.6. The van der Waals surface area contributed by atoms with Crippen molar-refractivity contribution in [2.45, 2.75) is 71.6 Å². The van der Waals surface area contributed by atoms with Crippen molar-refractivity contribution in [3.63, 3.8) is 0 Å². The van der Waals surface area contributed by atoms with E-state index in [1.165, 1.54) is 0 Å². The van der Waals surface area contributed by atoms with Gasteiger partial charge >= 0.3 is 6.09 Å². The molecule has 0 aliphatic carbocycles. The smallest absolute Gasteiger partial charge is 0.410 e. The molecule has 10 nitrogen and oxygen atoms in total. The van der Waals surface area contributed by atoms with Crippen LogP contribution in [-0.4, -0.2) is 78.5 Å². The molecule has 4 rings (SSSR count). The standard InChI is InChI=1S/C32H42N4O6/c1-7-27(37)33-15-17-36-25-19-24(21(2)18-26(25)41-28(30(36)39)22-12-9-8-10-13-22)29(38)34(6)23-14-11-16-35(20-23)31(40)42-32(3,4)5/h8-10,12-13,18-19,23,28H,7,11,14-17,20H2,1-6H3,(H,33,37). The second-order valence-corrected chi connectivity index (χ2v) is 11.9. The fourth-order valence-electron chi connectivity index (χ4n) is 5.26. The number of carbonyl (C=O) groups is 4. The summed E-state index contributed by atoms with van der Waals surface area (Å²) in [5, 5.41) is 2.83. The summed E-state index contributed by atoms with van der Waals surface area (Å²) in [6, 6.07) is 12.6. The van der Waals surface area contributed by atoms with Crippen molar-refractivity contribution in [3.8, 4) is 5.75 Å². The number of piperidine rings is 1. The first kappa shape index (κ1) is 30.9. The minimum atomic E-state index is -0.842. The van der Waals surface area contributed by atoms with Crippen LogP contribution in [0.1, 0.15) is 74.5 Å². The first-order chi connectivity index (χ1) is 19.9. The monoisotopic (exact) mass is 578 g/mol. The van der Waals surface area contributed by atoms with Gasteiger partial charge in [0, 0.05) is 56.8 Å². The molecule has 2 aliphatic rings. The number of hydrogen-bond acceptors (Lipinski definition) is 6. The number of likely N-dealkylation sites (tertiary alicyclic amines) is 1. The molecule has 2 unspecified atom stereocenters. The first-order valence-electron chi connectivity index (χ1n) is 14.6. The van der Waals surface area contributed by atoms with E-state index in [0.717, 1.165) is 18.4 Å². The maximum atomic E-state index is 13.9. The number of fused-ring (bicyclic) bond motifs is 1. The van der Waals surface area contributed by atoms with E-state index in [1.807, 2.05) is 58.0 Å². The average molecular weight is 579 g/mol. The summed E-state index contributed by atoms with van der Waals surface area (Å²) in [5.41, 5.74) is 1.77. The molecule has 0 aromatic heterocycles. The first-order valence-corrected chi connectivity index (χ1v) is 14.6. The van der Waals surface area contributed by atoms with Crippen LogP contribution < -0.4 is 15.0 Å². The Morgan fingerprint density at radius 2 is 1.86 bits per heavy atom. The number of rotatable bonds is 7. The molecule has 1 saturated heterocycles. The number of nitrogens with zero attached hydrogens (tertiary/aromatic N) is 3. The summed E-state index contributed by atoms with van der Waals surface area (Å²) in [5.74, 6) is -0.0841. The van der Waals surface area contributed by atoms with Gasteiger partial charge in [0.05, 0.1) is 5.69 Å². The zero-order chi connectivity index (χ0) is 30.6. The summed E-state index contributed by atoms with van der Waals surface area (Å²) in [6.45, 7) is 10.6. The minimum Gasteiger partial charge on any atom is -0.474 e. The van der Waals surface area contributed by atoms with Crippen LogP contribution in [0.5, 0.6) is 5.75 Å². The largest absolute Gasteiger partial charge is 0.474 e. The van der Waals surface area contributed by atoms with Gasteiger partial charge in [0.25, 0.3) is 11.8 Å². The lowest BCUT2D eigenvalue weighted by Gasteiger charge is -2.38. The summed E-state index contributed by atoms with van der Waals surface area (Å²) < 4.78 is 11.8. The van der Waals surface area contributed by atoms with Gasteiger partial charge in [-0.05, 0) is 58.2 Å². The number of hydrogen-bond donors (Lipinski definition) is 1. The number of aryl methyl sites for hydroxylation is 1. The summed E-state index contributed by atoms with van der Waals surface area (Å²) in [7, 11) is 1.75. The van der Waals surface area contributed by atoms with Crippen molar-refractivity contribution < 1.29 is 28.7 Å². The normalized spacial score (nSPS) is 18.6. The highest BCUT2D eigenvalue weighted by Gasteiger charge is 2.37. The van der Waals surface area contributed by atoms with Gasteiger partial charge in [-0.15, -0.1) is 0 Å². The number of anilines is 1. The maximum Gasteiger partial charge on any atom is 0.410 e. The number of nitrogens with one attached hydrogen (secondary N) is 1. The molecule has 4 amide bonds. The van der Waals surface area contributed by atoms with E-state index in [4.69, 9.17) is 9.47 Å². The van der Waals surface area contributed by atoms with Gasteiger partial charge in [0.15, 0.2) is 0 Å². The molecule has 0 bridgehead atoms. The van der Waals surface area contributed by atoms with Crippen molar-refractivity contribution in [2.24, 2.45) is 0 Å². The van der Waals surface area contributed by atoms with Crippen LogP contribution >= 0.6 is 0 Å². The molecule has 2 aromatic carbocycles. The van der Waals surface area contributed by atoms with Crippen LogP contribution in [0.15, 0.2) is 42.5 Å². The van der Waals surface area contributed by atoms with E-state index in [0.29, 0.717) is 42.1 Å². The molecular weight excluding hydrogens is 536 g/mol. The molecule has 0 radical (unpaired) electrons. The number of likely N-dealkylation sites (N-methyl/N-ethyl adjacent to an activating group) is 1. The van der Waals surface area contributed by atoms with Crippen molar-refractivity contribution in [1.82, 2.24) is 15.1 Å². The summed E-state index contributed by atoms with van der Waals surface area (Å²) >= 11 is 0. The average Bonchev–Trinajstić information content (AvgIpc) is 2.96. The van der Waals surface area contributed by atoms with Gasteiger partial charge in [0.1, 0.15) is 11.4 Å². The Labute approximate surface area is 247 Å². The lowest BCUT2D eigenvalue weighted by Crippen LogP contribution is -2.51. The third-order valence-electron chi connectivity index (χ3n) is 7.56. The Bertz CT molecular complexity index is 1320. The molecular formula is C32H42N4O6. The van der Waals surface area contributed by atoms with Crippen molar-refractivity contribution >= 4 is 29.5 Å². The van der Waals surface area contributed by atoms with Crippen molar-refractivity contribution in [1.29, 1.82) is 0 Å². The topological polar surface area (TPSA) is 108 Å². The second-order valence-electron chi connectivity index (χ2n) is 11.9. The zero-order valence-electron chi connectivity index (χ0n) is 25.4. The minimum absolute atomic E-state index is 0.107. The molecule has 2 aromatic rings. The predicted octanol–water partition coefficient (Wildman–Crippen LogP) is 4.46. The molecule has 0 saturated carbocycles. The van der Waals surface area contributed by atoms with E-state index in [-0.39, 0.29) is 42.9 Å².